The van der Waals surface area contributed by atoms with Crippen molar-refractivity contribution in [1.29, 1.82) is 0 Å². The SMILES string of the molecule is NC(=O)c1cc(C(F)(F)F)ccc1OCc1cccnc1. The molecular formula is C14H11F3N2O2. The van der Waals surface area contributed by atoms with E-state index in [0.717, 1.165) is 12.1 Å². The molecule has 0 aliphatic rings. The molecule has 1 aromatic heterocycles. The third-order valence-electron chi connectivity index (χ3n) is 2.69. The molecule has 7 heteroatoms. The van der Waals surface area contributed by atoms with Crippen LogP contribution in [0.15, 0.2) is 42.7 Å². The Kier molecular flexibility index (Phi) is 4.11. The van der Waals surface area contributed by atoms with Gasteiger partial charge in [0.15, 0.2) is 0 Å². The Balaban J connectivity index is 2.25. The molecule has 0 aliphatic carbocycles. The molecule has 0 radical (unpaired) electrons. The van der Waals surface area contributed by atoms with Crippen LogP contribution in [0.1, 0.15) is 21.5 Å². The first-order valence-corrected chi connectivity index (χ1v) is 5.90. The Morgan fingerprint density at radius 3 is 2.62 bits per heavy atom. The molecule has 4 nitrogen and oxygen atoms in total. The topological polar surface area (TPSA) is 65.2 Å². The van der Waals surface area contributed by atoms with Crippen LogP contribution in [-0.2, 0) is 12.8 Å². The van der Waals surface area contributed by atoms with E-state index in [1.165, 1.54) is 0 Å². The highest BCUT2D eigenvalue weighted by Gasteiger charge is 2.31. The van der Waals surface area contributed by atoms with Crippen molar-refractivity contribution in [2.24, 2.45) is 5.73 Å². The van der Waals surface area contributed by atoms with Gasteiger partial charge in [0, 0.05) is 18.0 Å². The summed E-state index contributed by atoms with van der Waals surface area (Å²) in [5.41, 5.74) is 4.55. The highest BCUT2D eigenvalue weighted by Crippen LogP contribution is 2.32. The monoisotopic (exact) mass is 296 g/mol. The van der Waals surface area contributed by atoms with Gasteiger partial charge in [-0.1, -0.05) is 6.07 Å². The highest BCUT2D eigenvalue weighted by molar-refractivity contribution is 5.95. The first-order valence-electron chi connectivity index (χ1n) is 5.90. The number of rotatable bonds is 4. The van der Waals surface area contributed by atoms with E-state index in [1.54, 1.807) is 24.5 Å². The molecule has 0 atom stereocenters. The summed E-state index contributed by atoms with van der Waals surface area (Å²) in [5, 5.41) is 0. The number of primary amides is 1. The van der Waals surface area contributed by atoms with E-state index in [-0.39, 0.29) is 17.9 Å². The number of benzene rings is 1. The van der Waals surface area contributed by atoms with Crippen LogP contribution in [0, 0.1) is 0 Å². The van der Waals surface area contributed by atoms with Crippen molar-refractivity contribution in [1.82, 2.24) is 4.98 Å². The third kappa shape index (κ3) is 3.71. The maximum atomic E-state index is 12.6. The normalized spacial score (nSPS) is 11.2. The molecule has 2 N–H and O–H groups in total. The number of pyridine rings is 1. The van der Waals surface area contributed by atoms with Crippen LogP contribution in [-0.4, -0.2) is 10.9 Å². The minimum Gasteiger partial charge on any atom is -0.488 e. The largest absolute Gasteiger partial charge is 0.488 e. The van der Waals surface area contributed by atoms with Crippen molar-refractivity contribution < 1.29 is 22.7 Å². The summed E-state index contributed by atoms with van der Waals surface area (Å²) in [6.07, 6.45) is -1.42. The number of nitrogens with zero attached hydrogens (tertiary/aromatic N) is 1. The van der Waals surface area contributed by atoms with Gasteiger partial charge in [-0.15, -0.1) is 0 Å². The van der Waals surface area contributed by atoms with Crippen LogP contribution in [0.3, 0.4) is 0 Å². The molecule has 1 amide bonds. The highest BCUT2D eigenvalue weighted by atomic mass is 19.4. The number of hydrogen-bond donors (Lipinski definition) is 1. The molecule has 2 rings (SSSR count). The standard InChI is InChI=1S/C14H11F3N2O2/c15-14(16,17)10-3-4-12(11(6-10)13(18)20)21-8-9-2-1-5-19-7-9/h1-7H,8H2,(H2,18,20). The molecule has 0 bridgehead atoms. The van der Waals surface area contributed by atoms with Gasteiger partial charge in [0.05, 0.1) is 11.1 Å². The Morgan fingerprint density at radius 1 is 1.29 bits per heavy atom. The molecule has 1 aromatic carbocycles. The summed E-state index contributed by atoms with van der Waals surface area (Å²) in [6.45, 7) is 0.0689. The number of alkyl halides is 3. The molecule has 0 aliphatic heterocycles. The summed E-state index contributed by atoms with van der Waals surface area (Å²) in [5.74, 6) is -0.985. The van der Waals surface area contributed by atoms with E-state index in [4.69, 9.17) is 10.5 Å². The molecule has 2 aromatic rings. The van der Waals surface area contributed by atoms with E-state index in [0.29, 0.717) is 11.6 Å². The van der Waals surface area contributed by atoms with Crippen molar-refractivity contribution in [2.75, 3.05) is 0 Å². The number of nitrogens with two attached hydrogens (primary N) is 1. The Bertz CT molecular complexity index is 642. The van der Waals surface area contributed by atoms with Crippen LogP contribution in [0.25, 0.3) is 0 Å². The number of ether oxygens (including phenoxy) is 1. The fourth-order valence-corrected chi connectivity index (χ4v) is 1.67. The number of carbonyl (C=O) groups is 1. The van der Waals surface area contributed by atoms with Crippen LogP contribution < -0.4 is 10.5 Å². The predicted octanol–water partition coefficient (Wildman–Crippen LogP) is 2.78. The van der Waals surface area contributed by atoms with Gasteiger partial charge in [0.2, 0.25) is 0 Å². The molecule has 0 unspecified atom stereocenters. The number of carbonyl (C=O) groups excluding carboxylic acids is 1. The van der Waals surface area contributed by atoms with E-state index in [9.17, 15) is 18.0 Å². The first kappa shape index (κ1) is 14.8. The number of hydrogen-bond acceptors (Lipinski definition) is 3. The quantitative estimate of drug-likeness (QED) is 0.943. The maximum absolute atomic E-state index is 12.6. The maximum Gasteiger partial charge on any atom is 0.416 e. The summed E-state index contributed by atoms with van der Waals surface area (Å²) in [6, 6.07) is 6.03. The second-order valence-electron chi connectivity index (χ2n) is 4.22. The fraction of sp³-hybridized carbons (Fsp3) is 0.143. The van der Waals surface area contributed by atoms with E-state index >= 15 is 0 Å². The number of aromatic nitrogens is 1. The number of amides is 1. The van der Waals surface area contributed by atoms with Crippen molar-refractivity contribution in [2.45, 2.75) is 12.8 Å². The van der Waals surface area contributed by atoms with Crippen molar-refractivity contribution in [3.8, 4) is 5.75 Å². The molecule has 0 spiro atoms. The van der Waals surface area contributed by atoms with Crippen LogP contribution >= 0.6 is 0 Å². The van der Waals surface area contributed by atoms with E-state index in [1.807, 2.05) is 0 Å². The Labute approximate surface area is 118 Å². The third-order valence-corrected chi connectivity index (χ3v) is 2.69. The lowest BCUT2D eigenvalue weighted by Crippen LogP contribution is -2.15. The Morgan fingerprint density at radius 2 is 2.05 bits per heavy atom. The zero-order valence-electron chi connectivity index (χ0n) is 10.7. The molecule has 0 fully saturated rings. The molecule has 110 valence electrons. The van der Waals surface area contributed by atoms with Gasteiger partial charge in [-0.3, -0.25) is 9.78 Å². The lowest BCUT2D eigenvalue weighted by molar-refractivity contribution is -0.137. The zero-order valence-corrected chi connectivity index (χ0v) is 10.7. The molecule has 0 saturated carbocycles. The summed E-state index contributed by atoms with van der Waals surface area (Å²) < 4.78 is 43.2. The summed E-state index contributed by atoms with van der Waals surface area (Å²) in [4.78, 5) is 15.2. The van der Waals surface area contributed by atoms with E-state index in [2.05, 4.69) is 4.98 Å². The van der Waals surface area contributed by atoms with Gasteiger partial charge < -0.3 is 10.5 Å². The first-order chi connectivity index (χ1) is 9.88. The zero-order chi connectivity index (χ0) is 15.5. The van der Waals surface area contributed by atoms with Crippen molar-refractivity contribution in [3.63, 3.8) is 0 Å². The summed E-state index contributed by atoms with van der Waals surface area (Å²) >= 11 is 0. The van der Waals surface area contributed by atoms with Crippen molar-refractivity contribution >= 4 is 5.91 Å². The van der Waals surface area contributed by atoms with Gasteiger partial charge >= 0.3 is 6.18 Å². The smallest absolute Gasteiger partial charge is 0.416 e. The van der Waals surface area contributed by atoms with Gasteiger partial charge in [-0.2, -0.15) is 13.2 Å². The molecule has 21 heavy (non-hydrogen) atoms. The molecule has 1 heterocycles. The van der Waals surface area contributed by atoms with Gasteiger partial charge in [-0.25, -0.2) is 0 Å². The average molecular weight is 296 g/mol. The van der Waals surface area contributed by atoms with Gasteiger partial charge in [-0.05, 0) is 24.3 Å². The van der Waals surface area contributed by atoms with Crippen LogP contribution in [0.4, 0.5) is 13.2 Å². The Hall–Kier alpha value is -2.57. The van der Waals surface area contributed by atoms with Crippen LogP contribution in [0.5, 0.6) is 5.75 Å². The minimum atomic E-state index is -4.55. The fourth-order valence-electron chi connectivity index (χ4n) is 1.67. The van der Waals surface area contributed by atoms with E-state index < -0.39 is 17.6 Å². The van der Waals surface area contributed by atoms with Crippen molar-refractivity contribution in [3.05, 3.63) is 59.4 Å². The number of halogens is 3. The summed E-state index contributed by atoms with van der Waals surface area (Å²) in [7, 11) is 0. The lowest BCUT2D eigenvalue weighted by atomic mass is 10.1. The second-order valence-corrected chi connectivity index (χ2v) is 4.22. The second kappa shape index (κ2) is 5.82. The van der Waals surface area contributed by atoms with Crippen LogP contribution in [0.2, 0.25) is 0 Å². The van der Waals surface area contributed by atoms with Gasteiger partial charge in [0.25, 0.3) is 5.91 Å². The predicted molar refractivity (Wildman–Crippen MR) is 68.5 cm³/mol. The average Bonchev–Trinajstić information content (AvgIpc) is 2.45. The minimum absolute atomic E-state index is 0.000599. The molecular weight excluding hydrogens is 285 g/mol. The molecule has 0 saturated heterocycles. The lowest BCUT2D eigenvalue weighted by Gasteiger charge is -2.12. The van der Waals surface area contributed by atoms with Gasteiger partial charge in [0.1, 0.15) is 12.4 Å².